The van der Waals surface area contributed by atoms with E-state index in [-0.39, 0.29) is 5.84 Å². The van der Waals surface area contributed by atoms with E-state index >= 15 is 0 Å². The first-order valence-electron chi connectivity index (χ1n) is 6.84. The zero-order valence-electron chi connectivity index (χ0n) is 12.7. The molecule has 0 aromatic carbocycles. The Labute approximate surface area is 120 Å². The van der Waals surface area contributed by atoms with Crippen molar-refractivity contribution in [1.29, 1.82) is 0 Å². The number of likely N-dealkylation sites (N-methyl/N-ethyl adjacent to an activating group) is 1. The zero-order chi connectivity index (χ0) is 15.1. The van der Waals surface area contributed by atoms with Crippen LogP contribution in [-0.4, -0.2) is 47.2 Å². The van der Waals surface area contributed by atoms with Crippen molar-refractivity contribution in [3.05, 3.63) is 22.9 Å². The number of nitrogens with two attached hydrogens (primary N) is 1. The number of aromatic nitrogens is 1. The second-order valence-electron chi connectivity index (χ2n) is 4.62. The number of aryl methyl sites for hydroxylation is 2. The van der Waals surface area contributed by atoms with Crippen LogP contribution in [0.3, 0.4) is 0 Å². The summed E-state index contributed by atoms with van der Waals surface area (Å²) in [5, 5.41) is 11.9. The number of hydrogen-bond donors (Lipinski definition) is 2. The van der Waals surface area contributed by atoms with E-state index in [2.05, 4.69) is 28.9 Å². The highest BCUT2D eigenvalue weighted by molar-refractivity contribution is 6.00. The Hall–Kier alpha value is -1.82. The molecule has 1 rings (SSSR count). The van der Waals surface area contributed by atoms with E-state index in [4.69, 9.17) is 15.7 Å². The third-order valence-corrected chi connectivity index (χ3v) is 3.22. The van der Waals surface area contributed by atoms with Crippen molar-refractivity contribution >= 4 is 5.84 Å². The first-order valence-corrected chi connectivity index (χ1v) is 6.84. The molecule has 0 fully saturated rings. The summed E-state index contributed by atoms with van der Waals surface area (Å²) in [6.45, 7) is 11.3. The lowest BCUT2D eigenvalue weighted by atomic mass is 10.1. The molecule has 6 heteroatoms. The minimum absolute atomic E-state index is 0.0211. The lowest BCUT2D eigenvalue weighted by Gasteiger charge is -2.19. The second kappa shape index (κ2) is 7.69. The van der Waals surface area contributed by atoms with E-state index in [1.807, 2.05) is 19.9 Å². The van der Waals surface area contributed by atoms with E-state index in [9.17, 15) is 0 Å². The van der Waals surface area contributed by atoms with Crippen LogP contribution in [0, 0.1) is 13.8 Å². The maximum absolute atomic E-state index is 8.87. The molecule has 0 saturated carbocycles. The largest absolute Gasteiger partial charge is 0.476 e. The third kappa shape index (κ3) is 4.09. The Kier molecular flexibility index (Phi) is 6.24. The van der Waals surface area contributed by atoms with Crippen molar-refractivity contribution in [2.45, 2.75) is 27.7 Å². The normalized spacial score (nSPS) is 11.9. The maximum Gasteiger partial charge on any atom is 0.225 e. The van der Waals surface area contributed by atoms with Gasteiger partial charge in [-0.05, 0) is 38.6 Å². The molecule has 1 heterocycles. The van der Waals surface area contributed by atoms with Crippen LogP contribution < -0.4 is 10.5 Å². The molecule has 0 amide bonds. The van der Waals surface area contributed by atoms with Gasteiger partial charge in [-0.2, -0.15) is 0 Å². The van der Waals surface area contributed by atoms with E-state index in [0.717, 1.165) is 30.9 Å². The van der Waals surface area contributed by atoms with Gasteiger partial charge in [-0.25, -0.2) is 4.98 Å². The van der Waals surface area contributed by atoms with Gasteiger partial charge in [0.1, 0.15) is 6.61 Å². The van der Waals surface area contributed by atoms with Gasteiger partial charge in [0.15, 0.2) is 5.84 Å². The molecule has 0 aliphatic carbocycles. The predicted octanol–water partition coefficient (Wildman–Crippen LogP) is 1.51. The van der Waals surface area contributed by atoms with Gasteiger partial charge in [0, 0.05) is 12.2 Å². The fourth-order valence-corrected chi connectivity index (χ4v) is 2.08. The SMILES string of the molecule is CCN(CC)CCOc1nc(C)cc(C)c1C(N)=NO. The van der Waals surface area contributed by atoms with Crippen LogP contribution in [0.4, 0.5) is 0 Å². The number of oxime groups is 1. The minimum Gasteiger partial charge on any atom is -0.476 e. The number of rotatable bonds is 7. The van der Waals surface area contributed by atoms with Crippen LogP contribution in [0.1, 0.15) is 30.7 Å². The fourth-order valence-electron chi connectivity index (χ4n) is 2.08. The standard InChI is InChI=1S/C14H24N4O2/c1-5-18(6-2)7-8-20-14-12(13(15)17-19)10(3)9-11(4)16-14/h9,19H,5-8H2,1-4H3,(H2,15,17). The van der Waals surface area contributed by atoms with Crippen LogP contribution in [0.15, 0.2) is 11.2 Å². The summed E-state index contributed by atoms with van der Waals surface area (Å²) < 4.78 is 5.73. The molecule has 0 aliphatic heterocycles. The van der Waals surface area contributed by atoms with Gasteiger partial charge in [0.05, 0.1) is 5.56 Å². The first kappa shape index (κ1) is 16.2. The van der Waals surface area contributed by atoms with E-state index in [1.165, 1.54) is 0 Å². The van der Waals surface area contributed by atoms with E-state index in [0.29, 0.717) is 18.1 Å². The third-order valence-electron chi connectivity index (χ3n) is 3.22. The van der Waals surface area contributed by atoms with Gasteiger partial charge in [-0.1, -0.05) is 19.0 Å². The van der Waals surface area contributed by atoms with Gasteiger partial charge < -0.3 is 20.6 Å². The number of pyridine rings is 1. The Morgan fingerprint density at radius 3 is 2.60 bits per heavy atom. The molecule has 3 N–H and O–H groups in total. The van der Waals surface area contributed by atoms with Crippen LogP contribution in [0.2, 0.25) is 0 Å². The summed E-state index contributed by atoms with van der Waals surface area (Å²) in [5.74, 6) is 0.442. The Morgan fingerprint density at radius 1 is 1.40 bits per heavy atom. The topological polar surface area (TPSA) is 84.0 Å². The zero-order valence-corrected chi connectivity index (χ0v) is 12.7. The Balaban J connectivity index is 2.88. The average Bonchev–Trinajstić information content (AvgIpc) is 2.42. The number of amidine groups is 1. The minimum atomic E-state index is 0.0211. The first-order chi connectivity index (χ1) is 9.53. The molecule has 6 nitrogen and oxygen atoms in total. The summed E-state index contributed by atoms with van der Waals surface area (Å²) in [6.07, 6.45) is 0. The molecule has 112 valence electrons. The van der Waals surface area contributed by atoms with Crippen LogP contribution in [-0.2, 0) is 0 Å². The molecule has 0 radical (unpaired) electrons. The molecule has 0 atom stereocenters. The van der Waals surface area contributed by atoms with Gasteiger partial charge in [0.25, 0.3) is 0 Å². The quantitative estimate of drug-likeness (QED) is 0.342. The highest BCUT2D eigenvalue weighted by Gasteiger charge is 2.14. The molecule has 20 heavy (non-hydrogen) atoms. The van der Waals surface area contributed by atoms with Crippen molar-refractivity contribution in [3.8, 4) is 5.88 Å². The maximum atomic E-state index is 8.87. The number of ether oxygens (including phenoxy) is 1. The molecule has 0 bridgehead atoms. The molecule has 0 aliphatic rings. The van der Waals surface area contributed by atoms with Crippen LogP contribution >= 0.6 is 0 Å². The number of hydrogen-bond acceptors (Lipinski definition) is 5. The molecule has 0 unspecified atom stereocenters. The van der Waals surface area contributed by atoms with Crippen molar-refractivity contribution < 1.29 is 9.94 Å². The van der Waals surface area contributed by atoms with Gasteiger partial charge >= 0.3 is 0 Å². The molecular formula is C14H24N4O2. The lowest BCUT2D eigenvalue weighted by Crippen LogP contribution is -2.28. The van der Waals surface area contributed by atoms with Crippen molar-refractivity contribution in [2.24, 2.45) is 10.9 Å². The van der Waals surface area contributed by atoms with Crippen molar-refractivity contribution in [1.82, 2.24) is 9.88 Å². The second-order valence-corrected chi connectivity index (χ2v) is 4.62. The molecule has 0 spiro atoms. The van der Waals surface area contributed by atoms with Crippen molar-refractivity contribution in [2.75, 3.05) is 26.2 Å². The fraction of sp³-hybridized carbons (Fsp3) is 0.571. The number of nitrogens with zero attached hydrogens (tertiary/aromatic N) is 3. The van der Waals surface area contributed by atoms with Gasteiger partial charge in [-0.15, -0.1) is 0 Å². The van der Waals surface area contributed by atoms with Gasteiger partial charge in [-0.3, -0.25) is 0 Å². The molecular weight excluding hydrogens is 256 g/mol. The highest BCUT2D eigenvalue weighted by atomic mass is 16.5. The summed E-state index contributed by atoms with van der Waals surface area (Å²) >= 11 is 0. The summed E-state index contributed by atoms with van der Waals surface area (Å²) in [5.41, 5.74) is 7.98. The van der Waals surface area contributed by atoms with Gasteiger partial charge in [0.2, 0.25) is 5.88 Å². The molecule has 1 aromatic rings. The molecule has 1 aromatic heterocycles. The van der Waals surface area contributed by atoms with Crippen LogP contribution in [0.5, 0.6) is 5.88 Å². The lowest BCUT2D eigenvalue weighted by molar-refractivity contribution is 0.217. The van der Waals surface area contributed by atoms with Crippen molar-refractivity contribution in [3.63, 3.8) is 0 Å². The Morgan fingerprint density at radius 2 is 2.05 bits per heavy atom. The van der Waals surface area contributed by atoms with E-state index < -0.39 is 0 Å². The monoisotopic (exact) mass is 280 g/mol. The summed E-state index contributed by atoms with van der Waals surface area (Å²) in [7, 11) is 0. The highest BCUT2D eigenvalue weighted by Crippen LogP contribution is 2.20. The predicted molar refractivity (Wildman–Crippen MR) is 79.5 cm³/mol. The summed E-state index contributed by atoms with van der Waals surface area (Å²) in [6, 6.07) is 1.88. The average molecular weight is 280 g/mol. The van der Waals surface area contributed by atoms with E-state index in [1.54, 1.807) is 0 Å². The van der Waals surface area contributed by atoms with Crippen LogP contribution in [0.25, 0.3) is 0 Å². The molecule has 0 saturated heterocycles. The Bertz CT molecular complexity index is 470. The smallest absolute Gasteiger partial charge is 0.225 e. The summed E-state index contributed by atoms with van der Waals surface area (Å²) in [4.78, 5) is 6.59.